The van der Waals surface area contributed by atoms with Crippen molar-refractivity contribution >= 4 is 40.4 Å². The third-order valence-corrected chi connectivity index (χ3v) is 6.10. The molecule has 0 fully saturated rings. The summed E-state index contributed by atoms with van der Waals surface area (Å²) in [7, 11) is 0. The summed E-state index contributed by atoms with van der Waals surface area (Å²) in [5.41, 5.74) is 2.57. The van der Waals surface area contributed by atoms with Crippen LogP contribution in [0.4, 0.5) is 5.69 Å². The number of rotatable bonds is 8. The van der Waals surface area contributed by atoms with Crippen LogP contribution in [-0.4, -0.2) is 57.9 Å². The lowest BCUT2D eigenvalue weighted by atomic mass is 10.2. The van der Waals surface area contributed by atoms with E-state index in [0.717, 1.165) is 24.1 Å². The smallest absolute Gasteiger partial charge is 0.338 e. The Morgan fingerprint density at radius 2 is 1.90 bits per heavy atom. The maximum absolute atomic E-state index is 12.7. The van der Waals surface area contributed by atoms with Crippen molar-refractivity contribution in [1.29, 1.82) is 0 Å². The molecule has 0 aliphatic carbocycles. The molecule has 0 spiro atoms. The number of thioether (sulfide) groups is 1. The Morgan fingerprint density at radius 1 is 1.16 bits per heavy atom. The van der Waals surface area contributed by atoms with Gasteiger partial charge in [-0.1, -0.05) is 26.0 Å². The van der Waals surface area contributed by atoms with Crippen molar-refractivity contribution in [2.45, 2.75) is 24.4 Å². The molecule has 0 unspecified atom stereocenters. The van der Waals surface area contributed by atoms with E-state index in [2.05, 4.69) is 34.0 Å². The number of carbonyl (C=O) groups is 2. The van der Waals surface area contributed by atoms with Crippen LogP contribution in [0, 0.1) is 0 Å². The number of hydrogen-bond donors (Lipinski definition) is 0. The second-order valence-electron chi connectivity index (χ2n) is 6.95. The minimum Gasteiger partial charge on any atom is -0.461 e. The van der Waals surface area contributed by atoms with Crippen molar-refractivity contribution < 1.29 is 14.3 Å². The highest BCUT2D eigenvalue weighted by molar-refractivity contribution is 8.00. The van der Waals surface area contributed by atoms with Crippen LogP contribution in [0.2, 0.25) is 0 Å². The third-order valence-electron chi connectivity index (χ3n) is 5.09. The SMILES string of the molecule is CCN(CC)CCOC(=O)c1ccc(N=N[C@@H]2Sc3nc4ccccc4n3C2=O)cc1. The van der Waals surface area contributed by atoms with E-state index in [0.29, 0.717) is 29.6 Å². The van der Waals surface area contributed by atoms with E-state index < -0.39 is 5.37 Å². The van der Waals surface area contributed by atoms with Crippen LogP contribution < -0.4 is 0 Å². The number of imidazole rings is 1. The fourth-order valence-electron chi connectivity index (χ4n) is 3.30. The van der Waals surface area contributed by atoms with Crippen LogP contribution in [0.1, 0.15) is 29.0 Å². The monoisotopic (exact) mass is 437 g/mol. The number of aromatic nitrogens is 2. The van der Waals surface area contributed by atoms with E-state index in [1.807, 2.05) is 24.3 Å². The molecule has 3 aromatic rings. The molecule has 9 heteroatoms. The first-order valence-corrected chi connectivity index (χ1v) is 11.1. The number of carbonyl (C=O) groups excluding carboxylic acids is 2. The number of likely N-dealkylation sites (N-methyl/N-ethyl adjacent to an activating group) is 1. The average Bonchev–Trinajstić information content (AvgIpc) is 3.31. The van der Waals surface area contributed by atoms with Gasteiger partial charge in [0.15, 0.2) is 5.16 Å². The van der Waals surface area contributed by atoms with Crippen molar-refractivity contribution in [3.8, 4) is 0 Å². The molecule has 0 N–H and O–H groups in total. The van der Waals surface area contributed by atoms with Gasteiger partial charge in [0.05, 0.1) is 22.3 Å². The van der Waals surface area contributed by atoms with Crippen molar-refractivity contribution in [1.82, 2.24) is 14.5 Å². The molecule has 0 bridgehead atoms. The lowest BCUT2D eigenvalue weighted by molar-refractivity contribution is 0.0466. The standard InChI is InChI=1S/C22H23N5O3S/c1-3-26(4-2)13-14-30-21(29)15-9-11-16(12-10-15)24-25-19-20(28)27-18-8-6-5-7-17(18)23-22(27)31-19/h5-12,19H,3-4,13-14H2,1-2H3/t19-/m1/s1. The molecule has 160 valence electrons. The van der Waals surface area contributed by atoms with Gasteiger partial charge in [-0.15, -0.1) is 0 Å². The molecular formula is C22H23N5O3S. The highest BCUT2D eigenvalue weighted by Crippen LogP contribution is 2.36. The number of para-hydroxylation sites is 2. The first-order valence-electron chi connectivity index (χ1n) is 10.2. The van der Waals surface area contributed by atoms with Gasteiger partial charge in [0.2, 0.25) is 5.37 Å². The molecule has 1 atom stereocenters. The average molecular weight is 438 g/mol. The summed E-state index contributed by atoms with van der Waals surface area (Å²) in [6.45, 7) is 7.07. The van der Waals surface area contributed by atoms with E-state index in [9.17, 15) is 9.59 Å². The zero-order chi connectivity index (χ0) is 21.8. The summed E-state index contributed by atoms with van der Waals surface area (Å²) in [6.07, 6.45) is 0. The zero-order valence-corrected chi connectivity index (χ0v) is 18.2. The Balaban J connectivity index is 1.35. The third kappa shape index (κ3) is 4.52. The van der Waals surface area contributed by atoms with Gasteiger partial charge in [-0.05, 0) is 61.2 Å². The first kappa shape index (κ1) is 21.2. The van der Waals surface area contributed by atoms with Crippen LogP contribution in [0.25, 0.3) is 11.0 Å². The number of esters is 1. The minimum absolute atomic E-state index is 0.161. The highest BCUT2D eigenvalue weighted by atomic mass is 32.2. The summed E-state index contributed by atoms with van der Waals surface area (Å²) < 4.78 is 6.91. The number of azo groups is 1. The predicted molar refractivity (Wildman–Crippen MR) is 119 cm³/mol. The van der Waals surface area contributed by atoms with Gasteiger partial charge >= 0.3 is 5.97 Å². The van der Waals surface area contributed by atoms with E-state index >= 15 is 0 Å². The van der Waals surface area contributed by atoms with Gasteiger partial charge in [-0.3, -0.25) is 9.36 Å². The molecule has 2 aromatic carbocycles. The van der Waals surface area contributed by atoms with Crippen LogP contribution in [0.5, 0.6) is 0 Å². The fourth-order valence-corrected chi connectivity index (χ4v) is 4.25. The number of ether oxygens (including phenoxy) is 1. The first-order chi connectivity index (χ1) is 15.1. The van der Waals surface area contributed by atoms with Crippen molar-refractivity contribution in [3.05, 3.63) is 54.1 Å². The summed E-state index contributed by atoms with van der Waals surface area (Å²) in [6, 6.07) is 14.2. The number of nitrogens with zero attached hydrogens (tertiary/aromatic N) is 5. The quantitative estimate of drug-likeness (QED) is 0.384. The van der Waals surface area contributed by atoms with Gasteiger partial charge < -0.3 is 9.64 Å². The van der Waals surface area contributed by atoms with Crippen LogP contribution in [0.3, 0.4) is 0 Å². The largest absolute Gasteiger partial charge is 0.461 e. The van der Waals surface area contributed by atoms with E-state index in [1.54, 1.807) is 28.8 Å². The van der Waals surface area contributed by atoms with E-state index in [-0.39, 0.29) is 11.9 Å². The highest BCUT2D eigenvalue weighted by Gasteiger charge is 2.34. The summed E-state index contributed by atoms with van der Waals surface area (Å²) >= 11 is 1.28. The number of fused-ring (bicyclic) bond motifs is 3. The lowest BCUT2D eigenvalue weighted by Crippen LogP contribution is -2.27. The zero-order valence-electron chi connectivity index (χ0n) is 17.4. The summed E-state index contributed by atoms with van der Waals surface area (Å²) in [5, 5.41) is 8.31. The maximum Gasteiger partial charge on any atom is 0.338 e. The topological polar surface area (TPSA) is 89.2 Å². The lowest BCUT2D eigenvalue weighted by Gasteiger charge is -2.17. The predicted octanol–water partition coefficient (Wildman–Crippen LogP) is 4.39. The molecule has 0 saturated heterocycles. The molecule has 1 aromatic heterocycles. The van der Waals surface area contributed by atoms with Crippen molar-refractivity contribution in [2.24, 2.45) is 10.2 Å². The second-order valence-corrected chi connectivity index (χ2v) is 8.00. The molecule has 1 aliphatic rings. The summed E-state index contributed by atoms with van der Waals surface area (Å²) in [4.78, 5) is 31.6. The van der Waals surface area contributed by atoms with Crippen molar-refractivity contribution in [2.75, 3.05) is 26.2 Å². The Bertz CT molecular complexity index is 1120. The van der Waals surface area contributed by atoms with Gasteiger partial charge in [-0.2, -0.15) is 10.2 Å². The van der Waals surface area contributed by atoms with Crippen LogP contribution in [-0.2, 0) is 4.74 Å². The van der Waals surface area contributed by atoms with E-state index in [1.165, 1.54) is 11.8 Å². The second kappa shape index (κ2) is 9.40. The molecule has 31 heavy (non-hydrogen) atoms. The molecule has 0 radical (unpaired) electrons. The molecule has 8 nitrogen and oxygen atoms in total. The Labute approximate surface area is 184 Å². The van der Waals surface area contributed by atoms with Crippen molar-refractivity contribution in [3.63, 3.8) is 0 Å². The van der Waals surface area contributed by atoms with Crippen LogP contribution >= 0.6 is 11.8 Å². The Kier molecular flexibility index (Phi) is 6.43. The van der Waals surface area contributed by atoms with E-state index in [4.69, 9.17) is 4.74 Å². The normalized spacial score (nSPS) is 15.8. The van der Waals surface area contributed by atoms with Gasteiger partial charge in [0.1, 0.15) is 6.61 Å². The maximum atomic E-state index is 12.7. The summed E-state index contributed by atoms with van der Waals surface area (Å²) in [5.74, 6) is -0.527. The fraction of sp³-hybridized carbons (Fsp3) is 0.318. The molecule has 0 saturated carbocycles. The van der Waals surface area contributed by atoms with Crippen LogP contribution in [0.15, 0.2) is 63.9 Å². The number of benzene rings is 2. The van der Waals surface area contributed by atoms with Gasteiger partial charge in [0, 0.05) is 6.54 Å². The number of hydrogen-bond acceptors (Lipinski definition) is 8. The molecule has 2 heterocycles. The van der Waals surface area contributed by atoms with Gasteiger partial charge in [0.25, 0.3) is 5.91 Å². The molecule has 0 amide bonds. The molecular weight excluding hydrogens is 414 g/mol. The Hall–Kier alpha value is -3.04. The van der Waals surface area contributed by atoms with Gasteiger partial charge in [-0.25, -0.2) is 9.78 Å². The Morgan fingerprint density at radius 3 is 2.65 bits per heavy atom. The molecule has 4 rings (SSSR count). The molecule has 1 aliphatic heterocycles. The minimum atomic E-state index is -0.670.